The van der Waals surface area contributed by atoms with Crippen LogP contribution in [0.5, 0.6) is 0 Å². The minimum absolute atomic E-state index is 0.0429. The Morgan fingerprint density at radius 1 is 0.903 bits per heavy atom. The van der Waals surface area contributed by atoms with Gasteiger partial charge < -0.3 is 13.6 Å². The third kappa shape index (κ3) is 9.76. The van der Waals surface area contributed by atoms with Crippen molar-refractivity contribution in [3.63, 3.8) is 0 Å². The number of rotatable bonds is 10. The van der Waals surface area contributed by atoms with Crippen molar-refractivity contribution in [1.29, 1.82) is 0 Å². The van der Waals surface area contributed by atoms with Crippen molar-refractivity contribution in [1.82, 2.24) is 0 Å². The molecule has 0 aliphatic rings. The summed E-state index contributed by atoms with van der Waals surface area (Å²) < 4.78 is 18.4. The van der Waals surface area contributed by atoms with Gasteiger partial charge in [-0.2, -0.15) is 0 Å². The summed E-state index contributed by atoms with van der Waals surface area (Å²) in [4.78, 5) is 12.1. The molecule has 0 bridgehead atoms. The van der Waals surface area contributed by atoms with Gasteiger partial charge in [0.1, 0.15) is 0 Å². The largest absolute Gasteiger partial charge is 0.463 e. The minimum Gasteiger partial charge on any atom is -0.463 e. The van der Waals surface area contributed by atoms with Crippen LogP contribution in [0.3, 0.4) is 0 Å². The second-order valence-electron chi connectivity index (χ2n) is 11.8. The first-order chi connectivity index (χ1) is 13.7. The zero-order valence-corrected chi connectivity index (χ0v) is 24.9. The summed E-state index contributed by atoms with van der Waals surface area (Å²) in [5, 5.41) is 0.279. The highest BCUT2D eigenvalue weighted by atomic mass is 28.4. The maximum absolute atomic E-state index is 12.1. The summed E-state index contributed by atoms with van der Waals surface area (Å²) in [5.41, 5.74) is 1.80. The van der Waals surface area contributed by atoms with E-state index in [0.29, 0.717) is 18.8 Å². The fraction of sp³-hybridized carbons (Fsp3) is 0.800. The highest BCUT2D eigenvalue weighted by Gasteiger charge is 2.40. The van der Waals surface area contributed by atoms with Crippen molar-refractivity contribution >= 4 is 22.6 Å². The summed E-state index contributed by atoms with van der Waals surface area (Å²) in [6.07, 6.45) is 4.06. The Hall–Kier alpha value is -0.696. The Kier molecular flexibility index (Phi) is 11.2. The first-order valence-electron chi connectivity index (χ1n) is 11.6. The van der Waals surface area contributed by atoms with Crippen LogP contribution in [-0.4, -0.2) is 41.9 Å². The number of hydrogen-bond donors (Lipinski definition) is 0. The molecule has 0 heterocycles. The second-order valence-corrected chi connectivity index (χ2v) is 21.4. The van der Waals surface area contributed by atoms with E-state index in [1.807, 2.05) is 19.9 Å². The van der Waals surface area contributed by atoms with Crippen LogP contribution in [0.4, 0.5) is 0 Å². The molecule has 0 aromatic rings. The molecule has 0 rings (SSSR count). The van der Waals surface area contributed by atoms with Gasteiger partial charge in [0.2, 0.25) is 0 Å². The lowest BCUT2D eigenvalue weighted by atomic mass is 10.00. The molecule has 0 spiro atoms. The molecule has 0 fully saturated rings. The molecule has 2 atom stereocenters. The molecule has 0 aliphatic heterocycles. The Labute approximate surface area is 195 Å². The van der Waals surface area contributed by atoms with E-state index < -0.39 is 16.6 Å². The summed E-state index contributed by atoms with van der Waals surface area (Å²) in [6, 6.07) is 0. The highest BCUT2D eigenvalue weighted by molar-refractivity contribution is 6.74. The van der Waals surface area contributed by atoms with Crippen LogP contribution in [0.1, 0.15) is 69.2 Å². The van der Waals surface area contributed by atoms with Gasteiger partial charge in [-0.1, -0.05) is 66.2 Å². The third-order valence-electron chi connectivity index (χ3n) is 6.78. The first kappa shape index (κ1) is 30.3. The Balaban J connectivity index is 5.80. The lowest BCUT2D eigenvalue weighted by Crippen LogP contribution is -2.45. The third-order valence-corrected chi connectivity index (χ3v) is 15.7. The van der Waals surface area contributed by atoms with Gasteiger partial charge in [0.05, 0.1) is 19.3 Å². The van der Waals surface area contributed by atoms with E-state index in [4.69, 9.17) is 13.6 Å². The Bertz CT molecular complexity index is 649. The molecule has 0 unspecified atom stereocenters. The van der Waals surface area contributed by atoms with Gasteiger partial charge in [-0.05, 0) is 57.0 Å². The molecule has 0 aromatic heterocycles. The zero-order valence-electron chi connectivity index (χ0n) is 22.9. The number of carbonyl (C=O) groups excluding carboxylic acids is 1. The van der Waals surface area contributed by atoms with Crippen molar-refractivity contribution in [2.45, 2.75) is 112 Å². The predicted octanol–water partition coefficient (Wildman–Crippen LogP) is 7.49. The van der Waals surface area contributed by atoms with Crippen molar-refractivity contribution in [3.05, 3.63) is 23.3 Å². The number of carbonyl (C=O) groups is 1. The van der Waals surface area contributed by atoms with Gasteiger partial charge in [0.25, 0.3) is 0 Å². The smallest absolute Gasteiger partial charge is 0.333 e. The zero-order chi connectivity index (χ0) is 24.8. The minimum atomic E-state index is -2.00. The lowest BCUT2D eigenvalue weighted by molar-refractivity contribution is -0.138. The Morgan fingerprint density at radius 2 is 1.39 bits per heavy atom. The van der Waals surface area contributed by atoms with E-state index in [0.717, 1.165) is 0 Å². The van der Waals surface area contributed by atoms with Crippen molar-refractivity contribution in [2.75, 3.05) is 13.2 Å². The van der Waals surface area contributed by atoms with Crippen LogP contribution in [-0.2, 0) is 18.4 Å². The fourth-order valence-corrected chi connectivity index (χ4v) is 4.79. The van der Waals surface area contributed by atoms with Gasteiger partial charge in [-0.15, -0.1) is 0 Å². The van der Waals surface area contributed by atoms with Crippen LogP contribution in [0.25, 0.3) is 0 Å². The normalized spacial score (nSPS) is 16.8. The lowest BCUT2D eigenvalue weighted by Gasteiger charge is -2.40. The molecule has 0 saturated heterocycles. The molecule has 0 saturated carbocycles. The average Bonchev–Trinajstić information content (AvgIpc) is 2.57. The van der Waals surface area contributed by atoms with E-state index >= 15 is 0 Å². The topological polar surface area (TPSA) is 44.8 Å². The number of hydrogen-bond acceptors (Lipinski definition) is 4. The monoisotopic (exact) mass is 470 g/mol. The van der Waals surface area contributed by atoms with Gasteiger partial charge in [0.15, 0.2) is 16.6 Å². The van der Waals surface area contributed by atoms with Crippen LogP contribution in [0.15, 0.2) is 23.3 Å². The van der Waals surface area contributed by atoms with E-state index in [2.05, 4.69) is 87.7 Å². The molecule has 4 nitrogen and oxygen atoms in total. The van der Waals surface area contributed by atoms with E-state index in [9.17, 15) is 4.79 Å². The van der Waals surface area contributed by atoms with Crippen LogP contribution >= 0.6 is 0 Å². The SMILES string of the molecule is CCOC(=O)/C(C)=C\[C@@H](C)[C@H](/C=C(\C)CO[Si](C)(C)C(C)(C)C)O[Si](C)(C)C(C)(C)C. The van der Waals surface area contributed by atoms with Crippen LogP contribution < -0.4 is 0 Å². The molecule has 0 radical (unpaired) electrons. The first-order valence-corrected chi connectivity index (χ1v) is 17.4. The molecular formula is C25H50O4Si2. The Morgan fingerprint density at radius 3 is 1.81 bits per heavy atom. The molecule has 31 heavy (non-hydrogen) atoms. The van der Waals surface area contributed by atoms with Gasteiger partial charge >= 0.3 is 5.97 Å². The molecule has 0 aromatic carbocycles. The molecule has 0 aliphatic carbocycles. The fourth-order valence-electron chi connectivity index (χ4n) is 2.45. The second kappa shape index (κ2) is 11.4. The van der Waals surface area contributed by atoms with Crippen LogP contribution in [0.2, 0.25) is 36.3 Å². The maximum atomic E-state index is 12.1. The summed E-state index contributed by atoms with van der Waals surface area (Å²) in [7, 11) is -3.82. The number of ether oxygens (including phenoxy) is 1. The molecule has 0 N–H and O–H groups in total. The average molecular weight is 471 g/mol. The molecular weight excluding hydrogens is 420 g/mol. The van der Waals surface area contributed by atoms with E-state index in [-0.39, 0.29) is 28.1 Å². The van der Waals surface area contributed by atoms with E-state index in [1.165, 1.54) is 5.57 Å². The van der Waals surface area contributed by atoms with Crippen molar-refractivity contribution < 1.29 is 18.4 Å². The molecule has 182 valence electrons. The van der Waals surface area contributed by atoms with Crippen molar-refractivity contribution in [3.8, 4) is 0 Å². The number of esters is 1. The standard InChI is InChI=1S/C25H50O4Si2/c1-15-27-23(26)21(4)17-20(3)22(29-31(13,14)25(8,9)10)16-19(2)18-28-30(11,12)24(5,6)7/h16-17,20,22H,15,18H2,1-14H3/b19-16+,21-17-/t20-,22+/m1/s1. The summed E-state index contributed by atoms with van der Waals surface area (Å²) >= 11 is 0. The molecule has 0 amide bonds. The van der Waals surface area contributed by atoms with Gasteiger partial charge in [-0.25, -0.2) is 4.79 Å². The summed E-state index contributed by atoms with van der Waals surface area (Å²) in [6.45, 7) is 31.5. The quantitative estimate of drug-likeness (QED) is 0.144. The van der Waals surface area contributed by atoms with E-state index in [1.54, 1.807) is 0 Å². The highest BCUT2D eigenvalue weighted by Crippen LogP contribution is 2.39. The van der Waals surface area contributed by atoms with Gasteiger partial charge in [0, 0.05) is 11.5 Å². The molecule has 6 heteroatoms. The summed E-state index contributed by atoms with van der Waals surface area (Å²) in [5.74, 6) is -0.219. The predicted molar refractivity (Wildman–Crippen MR) is 139 cm³/mol. The van der Waals surface area contributed by atoms with Gasteiger partial charge in [-0.3, -0.25) is 0 Å². The van der Waals surface area contributed by atoms with Crippen LogP contribution in [0, 0.1) is 5.92 Å². The van der Waals surface area contributed by atoms with Crippen molar-refractivity contribution in [2.24, 2.45) is 5.92 Å². The maximum Gasteiger partial charge on any atom is 0.333 e.